The molecule has 0 saturated carbocycles. The fourth-order valence-corrected chi connectivity index (χ4v) is 2.72. The molecule has 0 spiro atoms. The lowest BCUT2D eigenvalue weighted by Crippen LogP contribution is -2.03. The van der Waals surface area contributed by atoms with E-state index in [4.69, 9.17) is 0 Å². The molecule has 1 heterocycles. The maximum Gasteiger partial charge on any atom is 0.310 e. The Labute approximate surface area is 115 Å². The largest absolute Gasteiger partial charge is 0.469 e. The number of esters is 1. The number of benzene rings is 1. The van der Waals surface area contributed by atoms with Crippen LogP contribution in [0.25, 0.3) is 0 Å². The minimum Gasteiger partial charge on any atom is -0.469 e. The van der Waals surface area contributed by atoms with Gasteiger partial charge in [-0.05, 0) is 24.6 Å². The molecule has 0 amide bonds. The Morgan fingerprint density at radius 1 is 1.16 bits per heavy atom. The van der Waals surface area contributed by atoms with Gasteiger partial charge in [-0.2, -0.15) is 0 Å². The molecule has 0 N–H and O–H groups in total. The molecule has 0 aliphatic rings. The van der Waals surface area contributed by atoms with E-state index in [0.717, 1.165) is 10.4 Å². The molecule has 4 heteroatoms. The molecular weight excluding hydrogens is 260 g/mol. The first kappa shape index (κ1) is 13.5. The van der Waals surface area contributed by atoms with Crippen molar-refractivity contribution < 1.29 is 14.3 Å². The number of thiophene rings is 1. The Bertz CT molecular complexity index is 613. The lowest BCUT2D eigenvalue weighted by Gasteiger charge is -2.02. The SMILES string of the molecule is COC(=O)Cc1ccc(C(=O)c2ccccc2C)s1. The number of carbonyl (C=O) groups is 2. The van der Waals surface area contributed by atoms with Crippen molar-refractivity contribution in [3.63, 3.8) is 0 Å². The van der Waals surface area contributed by atoms with Crippen molar-refractivity contribution in [2.75, 3.05) is 7.11 Å². The number of methoxy groups -OCH3 is 1. The minimum atomic E-state index is -0.295. The molecule has 3 nitrogen and oxygen atoms in total. The summed E-state index contributed by atoms with van der Waals surface area (Å²) in [6.07, 6.45) is 0.211. The predicted octanol–water partition coefficient (Wildman–Crippen LogP) is 3.00. The van der Waals surface area contributed by atoms with Gasteiger partial charge in [-0.3, -0.25) is 9.59 Å². The van der Waals surface area contributed by atoms with Gasteiger partial charge in [-0.25, -0.2) is 0 Å². The van der Waals surface area contributed by atoms with E-state index in [1.54, 1.807) is 12.1 Å². The molecular formula is C15H14O3S. The van der Waals surface area contributed by atoms with E-state index in [1.807, 2.05) is 31.2 Å². The average Bonchev–Trinajstić information content (AvgIpc) is 2.87. The Morgan fingerprint density at radius 2 is 1.89 bits per heavy atom. The van der Waals surface area contributed by atoms with Gasteiger partial charge >= 0.3 is 5.97 Å². The molecule has 2 aromatic rings. The second-order valence-corrected chi connectivity index (χ2v) is 5.33. The van der Waals surface area contributed by atoms with Crippen LogP contribution in [0.5, 0.6) is 0 Å². The van der Waals surface area contributed by atoms with Crippen LogP contribution in [0.15, 0.2) is 36.4 Å². The Balaban J connectivity index is 2.21. The van der Waals surface area contributed by atoms with Gasteiger partial charge in [0.25, 0.3) is 0 Å². The standard InChI is InChI=1S/C15H14O3S/c1-10-5-3-4-6-12(10)15(17)13-8-7-11(19-13)9-14(16)18-2/h3-8H,9H2,1-2H3. The fourth-order valence-electron chi connectivity index (χ4n) is 1.77. The van der Waals surface area contributed by atoms with E-state index in [-0.39, 0.29) is 18.2 Å². The lowest BCUT2D eigenvalue weighted by atomic mass is 10.0. The second-order valence-electron chi connectivity index (χ2n) is 4.16. The van der Waals surface area contributed by atoms with Crippen LogP contribution in [0.4, 0.5) is 0 Å². The highest BCUT2D eigenvalue weighted by atomic mass is 32.1. The van der Waals surface area contributed by atoms with E-state index in [2.05, 4.69) is 4.74 Å². The third-order valence-electron chi connectivity index (χ3n) is 2.82. The number of rotatable bonds is 4. The smallest absolute Gasteiger partial charge is 0.310 e. The monoisotopic (exact) mass is 274 g/mol. The summed E-state index contributed by atoms with van der Waals surface area (Å²) in [5, 5.41) is 0. The molecule has 0 radical (unpaired) electrons. The zero-order chi connectivity index (χ0) is 13.8. The van der Waals surface area contributed by atoms with Crippen LogP contribution in [0, 0.1) is 6.92 Å². The summed E-state index contributed by atoms with van der Waals surface area (Å²) in [4.78, 5) is 25.0. The van der Waals surface area contributed by atoms with Crippen LogP contribution < -0.4 is 0 Å². The topological polar surface area (TPSA) is 43.4 Å². The van der Waals surface area contributed by atoms with E-state index >= 15 is 0 Å². The first-order valence-electron chi connectivity index (χ1n) is 5.87. The fraction of sp³-hybridized carbons (Fsp3) is 0.200. The van der Waals surface area contributed by atoms with Gasteiger partial charge in [0.1, 0.15) is 0 Å². The summed E-state index contributed by atoms with van der Waals surface area (Å²) in [7, 11) is 1.36. The average molecular weight is 274 g/mol. The van der Waals surface area contributed by atoms with Gasteiger partial charge in [0.15, 0.2) is 0 Å². The second kappa shape index (κ2) is 5.80. The zero-order valence-corrected chi connectivity index (χ0v) is 11.6. The third kappa shape index (κ3) is 3.09. The van der Waals surface area contributed by atoms with Crippen molar-refractivity contribution in [3.05, 3.63) is 57.3 Å². The van der Waals surface area contributed by atoms with Gasteiger partial charge in [0.05, 0.1) is 18.4 Å². The molecule has 1 aromatic carbocycles. The van der Waals surface area contributed by atoms with Gasteiger partial charge < -0.3 is 4.74 Å². The number of hydrogen-bond acceptors (Lipinski definition) is 4. The molecule has 0 aliphatic carbocycles. The molecule has 98 valence electrons. The third-order valence-corrected chi connectivity index (χ3v) is 3.91. The molecule has 19 heavy (non-hydrogen) atoms. The summed E-state index contributed by atoms with van der Waals surface area (Å²) in [5.41, 5.74) is 1.66. The summed E-state index contributed by atoms with van der Waals surface area (Å²) in [5.74, 6) is -0.295. The number of carbonyl (C=O) groups excluding carboxylic acids is 2. The van der Waals surface area contributed by atoms with Crippen molar-refractivity contribution in [2.24, 2.45) is 0 Å². The van der Waals surface area contributed by atoms with Crippen molar-refractivity contribution in [1.29, 1.82) is 0 Å². The summed E-state index contributed by atoms with van der Waals surface area (Å²) >= 11 is 1.34. The van der Waals surface area contributed by atoms with Gasteiger partial charge in [-0.15, -0.1) is 11.3 Å². The molecule has 0 fully saturated rings. The highest BCUT2D eigenvalue weighted by Crippen LogP contribution is 2.22. The van der Waals surface area contributed by atoms with E-state index in [9.17, 15) is 9.59 Å². The number of aryl methyl sites for hydroxylation is 1. The maximum absolute atomic E-state index is 12.3. The quantitative estimate of drug-likeness (QED) is 0.636. The van der Waals surface area contributed by atoms with Gasteiger partial charge in [-0.1, -0.05) is 24.3 Å². The van der Waals surface area contributed by atoms with Gasteiger partial charge in [0.2, 0.25) is 5.78 Å². The summed E-state index contributed by atoms with van der Waals surface area (Å²) in [6, 6.07) is 11.0. The summed E-state index contributed by atoms with van der Waals surface area (Å²) in [6.45, 7) is 1.91. The number of ether oxygens (including phenoxy) is 1. The highest BCUT2D eigenvalue weighted by molar-refractivity contribution is 7.14. The molecule has 1 aromatic heterocycles. The predicted molar refractivity (Wildman–Crippen MR) is 74.7 cm³/mol. The molecule has 0 unspecified atom stereocenters. The van der Waals surface area contributed by atoms with Crippen molar-refractivity contribution in [3.8, 4) is 0 Å². The first-order valence-corrected chi connectivity index (χ1v) is 6.69. The van der Waals surface area contributed by atoms with E-state index < -0.39 is 0 Å². The Kier molecular flexibility index (Phi) is 4.12. The first-order chi connectivity index (χ1) is 9.11. The highest BCUT2D eigenvalue weighted by Gasteiger charge is 2.14. The molecule has 0 atom stereocenters. The van der Waals surface area contributed by atoms with Gasteiger partial charge in [0, 0.05) is 10.4 Å². The molecule has 0 saturated heterocycles. The Hall–Kier alpha value is -1.94. The van der Waals surface area contributed by atoms with E-state index in [0.29, 0.717) is 10.4 Å². The Morgan fingerprint density at radius 3 is 2.58 bits per heavy atom. The van der Waals surface area contributed by atoms with Crippen LogP contribution in [0.3, 0.4) is 0 Å². The van der Waals surface area contributed by atoms with E-state index in [1.165, 1.54) is 18.4 Å². The maximum atomic E-state index is 12.3. The molecule has 0 aliphatic heterocycles. The van der Waals surface area contributed by atoms with Crippen molar-refractivity contribution >= 4 is 23.1 Å². The van der Waals surface area contributed by atoms with Crippen LogP contribution >= 0.6 is 11.3 Å². The van der Waals surface area contributed by atoms with Crippen molar-refractivity contribution in [1.82, 2.24) is 0 Å². The van der Waals surface area contributed by atoms with Crippen LogP contribution in [0.2, 0.25) is 0 Å². The number of hydrogen-bond donors (Lipinski definition) is 0. The lowest BCUT2D eigenvalue weighted by molar-refractivity contribution is -0.139. The summed E-state index contributed by atoms with van der Waals surface area (Å²) < 4.78 is 4.61. The molecule has 2 rings (SSSR count). The number of ketones is 1. The minimum absolute atomic E-state index is 0.000726. The zero-order valence-electron chi connectivity index (χ0n) is 10.8. The van der Waals surface area contributed by atoms with Crippen LogP contribution in [-0.2, 0) is 16.0 Å². The molecule has 0 bridgehead atoms. The van der Waals surface area contributed by atoms with Crippen molar-refractivity contribution in [2.45, 2.75) is 13.3 Å². The van der Waals surface area contributed by atoms with Crippen LogP contribution in [0.1, 0.15) is 25.7 Å². The normalized spacial score (nSPS) is 10.2. The van der Waals surface area contributed by atoms with Crippen LogP contribution in [-0.4, -0.2) is 18.9 Å².